The minimum Gasteiger partial charge on any atom is -0.316 e. The summed E-state index contributed by atoms with van der Waals surface area (Å²) in [6, 6.07) is 0. The van der Waals surface area contributed by atoms with E-state index in [4.69, 9.17) is 0 Å². The molecule has 11 heavy (non-hydrogen) atoms. The number of rotatable bonds is 5. The zero-order valence-corrected chi connectivity index (χ0v) is 9.28. The number of hydrogen-bond acceptors (Lipinski definition) is 3. The van der Waals surface area contributed by atoms with Crippen LogP contribution in [0.5, 0.6) is 0 Å². The van der Waals surface area contributed by atoms with Crippen molar-refractivity contribution in [2.45, 2.75) is 26.3 Å². The van der Waals surface area contributed by atoms with E-state index in [9.17, 15) is 0 Å². The summed E-state index contributed by atoms with van der Waals surface area (Å²) in [5.41, 5.74) is 0.650. The smallest absolute Gasteiger partial charge is 0.283 e. The van der Waals surface area contributed by atoms with Crippen LogP contribution in [-0.4, -0.2) is 29.2 Å². The molecule has 0 aliphatic carbocycles. The summed E-state index contributed by atoms with van der Waals surface area (Å²) in [7, 11) is 2.47. The van der Waals surface area contributed by atoms with Crippen LogP contribution in [0.25, 0.3) is 0 Å². The van der Waals surface area contributed by atoms with Crippen molar-refractivity contribution in [1.82, 2.24) is 14.9 Å². The molecule has 0 aromatic carbocycles. The first-order chi connectivity index (χ1) is 5.13. The van der Waals surface area contributed by atoms with Crippen LogP contribution in [0.3, 0.4) is 0 Å². The molecular weight excluding hydrogens is 154 g/mol. The van der Waals surface area contributed by atoms with Gasteiger partial charge in [-0.1, -0.05) is 20.8 Å². The molecule has 3 nitrogen and oxygen atoms in total. The van der Waals surface area contributed by atoms with Crippen molar-refractivity contribution in [2.75, 3.05) is 20.6 Å². The highest BCUT2D eigenvalue weighted by atomic mass is 28.4. The van der Waals surface area contributed by atoms with Gasteiger partial charge in [0.05, 0.1) is 0 Å². The second-order valence-electron chi connectivity index (χ2n) is 2.99. The standard InChI is InChI=1S/C7H21N3Si/c1-6-10-11(8-4,9-5)7(2)3/h7-10H,6H2,1-5H3. The molecule has 0 spiro atoms. The first-order valence-electron chi connectivity index (χ1n) is 4.25. The van der Waals surface area contributed by atoms with Crippen LogP contribution >= 0.6 is 0 Å². The van der Waals surface area contributed by atoms with Crippen molar-refractivity contribution in [2.24, 2.45) is 0 Å². The van der Waals surface area contributed by atoms with Crippen LogP contribution < -0.4 is 14.9 Å². The Balaban J connectivity index is 4.20. The van der Waals surface area contributed by atoms with E-state index in [1.807, 2.05) is 14.1 Å². The lowest BCUT2D eigenvalue weighted by Crippen LogP contribution is -2.72. The van der Waals surface area contributed by atoms with Crippen LogP contribution in [0.2, 0.25) is 5.54 Å². The summed E-state index contributed by atoms with van der Waals surface area (Å²) in [4.78, 5) is 10.3. The number of hydrogen-bond donors (Lipinski definition) is 3. The lowest BCUT2D eigenvalue weighted by atomic mass is 10.6. The molecule has 0 atom stereocenters. The molecule has 0 fully saturated rings. The van der Waals surface area contributed by atoms with Gasteiger partial charge in [-0.15, -0.1) is 0 Å². The Labute approximate surface area is 71.2 Å². The largest absolute Gasteiger partial charge is 0.316 e. The molecule has 0 amide bonds. The monoisotopic (exact) mass is 175 g/mol. The van der Waals surface area contributed by atoms with Gasteiger partial charge in [0, 0.05) is 0 Å². The highest BCUT2D eigenvalue weighted by molar-refractivity contribution is 6.73. The van der Waals surface area contributed by atoms with Gasteiger partial charge in [0.25, 0.3) is 8.56 Å². The minimum atomic E-state index is -1.57. The number of nitrogens with one attached hydrogen (secondary N) is 3. The van der Waals surface area contributed by atoms with Crippen molar-refractivity contribution in [3.8, 4) is 0 Å². The van der Waals surface area contributed by atoms with Crippen LogP contribution in [0.15, 0.2) is 0 Å². The highest BCUT2D eigenvalue weighted by Crippen LogP contribution is 2.10. The molecule has 3 N–H and O–H groups in total. The summed E-state index contributed by atoms with van der Waals surface area (Å²) in [6.07, 6.45) is 0. The van der Waals surface area contributed by atoms with Gasteiger partial charge in [-0.05, 0) is 26.2 Å². The Bertz CT molecular complexity index is 102. The maximum Gasteiger partial charge on any atom is 0.283 e. The average Bonchev–Trinajstić information content (AvgIpc) is 2.00. The van der Waals surface area contributed by atoms with Gasteiger partial charge >= 0.3 is 0 Å². The summed E-state index contributed by atoms with van der Waals surface area (Å²) in [5.74, 6) is 0. The Kier molecular flexibility index (Phi) is 4.91. The predicted molar refractivity (Wildman–Crippen MR) is 52.6 cm³/mol. The topological polar surface area (TPSA) is 36.1 Å². The maximum atomic E-state index is 3.51. The molecule has 0 heterocycles. The van der Waals surface area contributed by atoms with Gasteiger partial charge in [0.2, 0.25) is 0 Å². The Morgan fingerprint density at radius 3 is 1.73 bits per heavy atom. The molecule has 0 aromatic rings. The first-order valence-corrected chi connectivity index (χ1v) is 6.33. The van der Waals surface area contributed by atoms with Crippen molar-refractivity contribution < 1.29 is 0 Å². The van der Waals surface area contributed by atoms with Gasteiger partial charge in [-0.3, -0.25) is 0 Å². The van der Waals surface area contributed by atoms with Gasteiger partial charge in [0.15, 0.2) is 0 Å². The normalized spacial score (nSPS) is 12.5. The molecule has 0 saturated carbocycles. The molecule has 0 aromatic heterocycles. The Hall–Kier alpha value is 0.0969. The zero-order valence-electron chi connectivity index (χ0n) is 8.28. The first kappa shape index (κ1) is 11.1. The summed E-state index contributed by atoms with van der Waals surface area (Å²) >= 11 is 0. The van der Waals surface area contributed by atoms with E-state index in [2.05, 4.69) is 35.7 Å². The van der Waals surface area contributed by atoms with E-state index in [0.29, 0.717) is 5.54 Å². The van der Waals surface area contributed by atoms with Gasteiger partial charge < -0.3 is 14.9 Å². The summed E-state index contributed by atoms with van der Waals surface area (Å²) in [6.45, 7) is 7.63. The quantitative estimate of drug-likeness (QED) is 0.529. The third kappa shape index (κ3) is 2.55. The zero-order chi connectivity index (χ0) is 8.91. The molecule has 0 rings (SSSR count). The Morgan fingerprint density at radius 2 is 1.64 bits per heavy atom. The van der Waals surface area contributed by atoms with Crippen molar-refractivity contribution >= 4 is 8.56 Å². The molecule has 0 aliphatic heterocycles. The minimum absolute atomic E-state index is 0.650. The highest BCUT2D eigenvalue weighted by Gasteiger charge is 2.33. The van der Waals surface area contributed by atoms with Gasteiger partial charge in [0.1, 0.15) is 0 Å². The Morgan fingerprint density at radius 1 is 1.18 bits per heavy atom. The second-order valence-corrected chi connectivity index (χ2v) is 7.12. The van der Waals surface area contributed by atoms with E-state index < -0.39 is 8.56 Å². The third-order valence-electron chi connectivity index (χ3n) is 2.11. The van der Waals surface area contributed by atoms with Crippen LogP contribution in [0, 0.1) is 0 Å². The molecule has 68 valence electrons. The van der Waals surface area contributed by atoms with E-state index in [1.54, 1.807) is 0 Å². The van der Waals surface area contributed by atoms with Gasteiger partial charge in [-0.25, -0.2) is 0 Å². The van der Waals surface area contributed by atoms with Crippen molar-refractivity contribution in [3.05, 3.63) is 0 Å². The van der Waals surface area contributed by atoms with E-state index >= 15 is 0 Å². The summed E-state index contributed by atoms with van der Waals surface area (Å²) in [5, 5.41) is 0. The molecule has 0 radical (unpaired) electrons. The molecule has 0 saturated heterocycles. The van der Waals surface area contributed by atoms with Crippen LogP contribution in [-0.2, 0) is 0 Å². The SMILES string of the molecule is CCN[Si](NC)(NC)C(C)C. The van der Waals surface area contributed by atoms with Gasteiger partial charge in [-0.2, -0.15) is 0 Å². The molecule has 4 heteroatoms. The maximum absolute atomic E-state index is 3.51. The lowest BCUT2D eigenvalue weighted by Gasteiger charge is -2.34. The molecule has 0 bridgehead atoms. The second kappa shape index (κ2) is 4.87. The fourth-order valence-corrected chi connectivity index (χ4v) is 4.09. The average molecular weight is 175 g/mol. The fraction of sp³-hybridized carbons (Fsp3) is 1.00. The molecular formula is C7H21N3Si. The van der Waals surface area contributed by atoms with E-state index in [1.165, 1.54) is 0 Å². The van der Waals surface area contributed by atoms with Crippen molar-refractivity contribution in [3.63, 3.8) is 0 Å². The van der Waals surface area contributed by atoms with Crippen molar-refractivity contribution in [1.29, 1.82) is 0 Å². The molecule has 0 unspecified atom stereocenters. The van der Waals surface area contributed by atoms with E-state index in [0.717, 1.165) is 6.54 Å². The van der Waals surface area contributed by atoms with Crippen LogP contribution in [0.4, 0.5) is 0 Å². The molecule has 0 aliphatic rings. The van der Waals surface area contributed by atoms with Crippen LogP contribution in [0.1, 0.15) is 20.8 Å². The lowest BCUT2D eigenvalue weighted by molar-refractivity contribution is 0.772. The predicted octanol–water partition coefficient (Wildman–Crippen LogP) is 0.384. The fourth-order valence-electron chi connectivity index (χ4n) is 1.36. The van der Waals surface area contributed by atoms with E-state index in [-0.39, 0.29) is 0 Å². The third-order valence-corrected chi connectivity index (χ3v) is 6.33. The summed E-state index contributed by atoms with van der Waals surface area (Å²) < 4.78 is 0.